The summed E-state index contributed by atoms with van der Waals surface area (Å²) < 4.78 is 5.30. The van der Waals surface area contributed by atoms with Gasteiger partial charge in [-0.05, 0) is 77.0 Å². The van der Waals surface area contributed by atoms with E-state index >= 15 is 0 Å². The Balaban J connectivity index is 3.58. The van der Waals surface area contributed by atoms with E-state index in [0.29, 0.717) is 12.8 Å². The summed E-state index contributed by atoms with van der Waals surface area (Å²) in [5.41, 5.74) is 0. The average molecular weight is 617 g/mol. The van der Waals surface area contributed by atoms with Gasteiger partial charge in [0.1, 0.15) is 0 Å². The van der Waals surface area contributed by atoms with Crippen molar-refractivity contribution in [3.63, 3.8) is 0 Å². The van der Waals surface area contributed by atoms with Crippen molar-refractivity contribution < 1.29 is 19.4 Å². The number of aliphatic carboxylic acids is 1. The lowest BCUT2D eigenvalue weighted by atomic mass is 10.0. The number of carboxylic acid groups (broad SMARTS) is 1. The van der Waals surface area contributed by atoms with Crippen LogP contribution in [0.25, 0.3) is 0 Å². The normalized spacial score (nSPS) is 12.6. The second-order valence-electron chi connectivity index (χ2n) is 12.7. The third-order valence-corrected chi connectivity index (χ3v) is 8.36. The van der Waals surface area contributed by atoms with Gasteiger partial charge in [0, 0.05) is 6.42 Å². The van der Waals surface area contributed by atoms with Crippen molar-refractivity contribution in [1.82, 2.24) is 0 Å². The van der Waals surface area contributed by atoms with E-state index < -0.39 is 12.1 Å². The van der Waals surface area contributed by atoms with E-state index in [1.165, 1.54) is 122 Å². The van der Waals surface area contributed by atoms with Crippen molar-refractivity contribution in [1.29, 1.82) is 0 Å². The van der Waals surface area contributed by atoms with E-state index in [1.54, 1.807) is 0 Å². The van der Waals surface area contributed by atoms with E-state index in [9.17, 15) is 14.7 Å². The Bertz CT molecular complexity index is 708. The molecule has 4 heteroatoms. The first-order valence-electron chi connectivity index (χ1n) is 19.0. The van der Waals surface area contributed by atoms with Gasteiger partial charge >= 0.3 is 11.9 Å². The number of carbonyl (C=O) groups is 2. The maximum Gasteiger partial charge on any atom is 0.345 e. The summed E-state index contributed by atoms with van der Waals surface area (Å²) >= 11 is 0. The summed E-state index contributed by atoms with van der Waals surface area (Å²) in [5, 5.41) is 9.46. The summed E-state index contributed by atoms with van der Waals surface area (Å²) in [6, 6.07) is 0. The highest BCUT2D eigenvalue weighted by atomic mass is 16.6. The summed E-state index contributed by atoms with van der Waals surface area (Å²) in [4.78, 5) is 23.7. The fourth-order valence-corrected chi connectivity index (χ4v) is 5.46. The molecule has 0 saturated carbocycles. The Morgan fingerprint density at radius 3 is 1.36 bits per heavy atom. The van der Waals surface area contributed by atoms with Crippen LogP contribution in [-0.4, -0.2) is 23.1 Å². The Morgan fingerprint density at radius 2 is 0.864 bits per heavy atom. The number of unbranched alkanes of at least 4 members (excludes halogenated alkanes) is 22. The predicted octanol–water partition coefficient (Wildman–Crippen LogP) is 13.0. The SMILES string of the molecule is CCCCC/C=C\C/C=C\CCCC/C=C\CCCCCCCC(=O)OC(CCCCCCCCCCCCCC)C(=O)O. The van der Waals surface area contributed by atoms with Crippen LogP contribution in [-0.2, 0) is 14.3 Å². The molecule has 1 atom stereocenters. The van der Waals surface area contributed by atoms with Crippen LogP contribution in [0.2, 0.25) is 0 Å². The van der Waals surface area contributed by atoms with E-state index in [1.807, 2.05) is 0 Å². The number of esters is 1. The zero-order valence-electron chi connectivity index (χ0n) is 29.2. The van der Waals surface area contributed by atoms with Gasteiger partial charge in [0.15, 0.2) is 6.10 Å². The highest BCUT2D eigenvalue weighted by molar-refractivity contribution is 5.77. The molecule has 0 aromatic rings. The maximum atomic E-state index is 12.2. The average Bonchev–Trinajstić information content (AvgIpc) is 3.01. The Labute approximate surface area is 273 Å². The van der Waals surface area contributed by atoms with E-state index in [0.717, 1.165) is 51.4 Å². The molecular formula is C40H72O4. The molecule has 0 aliphatic carbocycles. The first kappa shape index (κ1) is 42.2. The number of rotatable bonds is 34. The van der Waals surface area contributed by atoms with Crippen molar-refractivity contribution in [3.8, 4) is 0 Å². The Morgan fingerprint density at radius 1 is 0.500 bits per heavy atom. The van der Waals surface area contributed by atoms with Crippen LogP contribution in [0.1, 0.15) is 200 Å². The molecule has 0 saturated heterocycles. The van der Waals surface area contributed by atoms with Crippen LogP contribution in [0.4, 0.5) is 0 Å². The summed E-state index contributed by atoms with van der Waals surface area (Å²) in [6.45, 7) is 4.50. The second-order valence-corrected chi connectivity index (χ2v) is 12.7. The number of carboxylic acids is 1. The Hall–Kier alpha value is -1.84. The van der Waals surface area contributed by atoms with E-state index in [4.69, 9.17) is 4.74 Å². The van der Waals surface area contributed by atoms with Crippen LogP contribution in [0.3, 0.4) is 0 Å². The molecular weight excluding hydrogens is 544 g/mol. The van der Waals surface area contributed by atoms with Gasteiger partial charge in [0.25, 0.3) is 0 Å². The first-order valence-corrected chi connectivity index (χ1v) is 19.0. The standard InChI is InChI=1S/C40H72O4/c1-3-5-7-9-11-13-15-17-18-19-20-21-22-23-24-25-27-29-31-33-35-37-39(41)44-38(40(42)43)36-34-32-30-28-26-16-14-12-10-8-6-4-2/h11,13,17-18,23-24,38H,3-10,12,14-16,19-22,25-37H2,1-2H3,(H,42,43)/b13-11-,18-17-,24-23-. The monoisotopic (exact) mass is 617 g/mol. The predicted molar refractivity (Wildman–Crippen MR) is 190 cm³/mol. The zero-order chi connectivity index (χ0) is 32.2. The molecule has 256 valence electrons. The minimum absolute atomic E-state index is 0.326. The van der Waals surface area contributed by atoms with Gasteiger partial charge in [-0.2, -0.15) is 0 Å². The largest absolute Gasteiger partial charge is 0.479 e. The minimum Gasteiger partial charge on any atom is -0.479 e. The number of carbonyl (C=O) groups excluding carboxylic acids is 1. The molecule has 0 aliphatic heterocycles. The highest BCUT2D eigenvalue weighted by Crippen LogP contribution is 2.15. The molecule has 0 aromatic heterocycles. The second kappa shape index (κ2) is 35.6. The van der Waals surface area contributed by atoms with Gasteiger partial charge < -0.3 is 9.84 Å². The van der Waals surface area contributed by atoms with Crippen LogP contribution in [0, 0.1) is 0 Å². The third kappa shape index (κ3) is 33.1. The summed E-state index contributed by atoms with van der Waals surface area (Å²) in [7, 11) is 0. The maximum absolute atomic E-state index is 12.2. The molecule has 0 rings (SSSR count). The minimum atomic E-state index is -1.01. The van der Waals surface area contributed by atoms with Gasteiger partial charge in [0.05, 0.1) is 0 Å². The highest BCUT2D eigenvalue weighted by Gasteiger charge is 2.21. The van der Waals surface area contributed by atoms with Gasteiger partial charge in [-0.25, -0.2) is 4.79 Å². The van der Waals surface area contributed by atoms with E-state index in [-0.39, 0.29) is 5.97 Å². The van der Waals surface area contributed by atoms with Crippen LogP contribution in [0.15, 0.2) is 36.5 Å². The molecule has 0 aromatic carbocycles. The Kier molecular flexibility index (Phi) is 34.1. The molecule has 0 heterocycles. The molecule has 0 spiro atoms. The van der Waals surface area contributed by atoms with Crippen LogP contribution >= 0.6 is 0 Å². The molecule has 44 heavy (non-hydrogen) atoms. The zero-order valence-corrected chi connectivity index (χ0v) is 29.2. The molecule has 4 nitrogen and oxygen atoms in total. The van der Waals surface area contributed by atoms with E-state index in [2.05, 4.69) is 50.3 Å². The lowest BCUT2D eigenvalue weighted by molar-refractivity contribution is -0.164. The van der Waals surface area contributed by atoms with Gasteiger partial charge in [-0.15, -0.1) is 0 Å². The number of ether oxygens (including phenoxy) is 1. The topological polar surface area (TPSA) is 63.6 Å². The fraction of sp³-hybridized carbons (Fsp3) is 0.800. The van der Waals surface area contributed by atoms with Gasteiger partial charge in [-0.1, -0.05) is 153 Å². The van der Waals surface area contributed by atoms with Crippen molar-refractivity contribution in [2.45, 2.75) is 206 Å². The molecule has 0 radical (unpaired) electrons. The van der Waals surface area contributed by atoms with Crippen molar-refractivity contribution in [2.24, 2.45) is 0 Å². The molecule has 0 fully saturated rings. The molecule has 1 N–H and O–H groups in total. The first-order chi connectivity index (χ1) is 21.6. The quantitative estimate of drug-likeness (QED) is 0.0444. The number of hydrogen-bond donors (Lipinski definition) is 1. The fourth-order valence-electron chi connectivity index (χ4n) is 5.46. The van der Waals surface area contributed by atoms with Crippen LogP contribution < -0.4 is 0 Å². The molecule has 0 bridgehead atoms. The molecule has 0 aliphatic rings. The molecule has 1 unspecified atom stereocenters. The van der Waals surface area contributed by atoms with Gasteiger partial charge in [0.2, 0.25) is 0 Å². The van der Waals surface area contributed by atoms with Crippen molar-refractivity contribution in [3.05, 3.63) is 36.5 Å². The smallest absolute Gasteiger partial charge is 0.345 e. The molecule has 0 amide bonds. The summed E-state index contributed by atoms with van der Waals surface area (Å²) in [6.07, 6.45) is 46.1. The lowest BCUT2D eigenvalue weighted by Crippen LogP contribution is -2.27. The number of hydrogen-bond acceptors (Lipinski definition) is 3. The number of allylic oxidation sites excluding steroid dienone is 6. The lowest BCUT2D eigenvalue weighted by Gasteiger charge is -2.13. The van der Waals surface area contributed by atoms with Crippen molar-refractivity contribution in [2.75, 3.05) is 0 Å². The van der Waals surface area contributed by atoms with Gasteiger partial charge in [-0.3, -0.25) is 4.79 Å². The third-order valence-electron chi connectivity index (χ3n) is 8.36. The van der Waals surface area contributed by atoms with Crippen LogP contribution in [0.5, 0.6) is 0 Å². The van der Waals surface area contributed by atoms with Crippen molar-refractivity contribution >= 4 is 11.9 Å². The summed E-state index contributed by atoms with van der Waals surface area (Å²) in [5.74, 6) is -1.37.